The lowest BCUT2D eigenvalue weighted by Gasteiger charge is -2.21. The minimum absolute atomic E-state index is 0.0646. The largest absolute Gasteiger partial charge is 0.480 e. The average Bonchev–Trinajstić information content (AvgIpc) is 2.76. The number of rotatable bonds is 7. The fourth-order valence-corrected chi connectivity index (χ4v) is 1.99. The SMILES string of the molecule is CCCOCCCNC(=O)N1C[C@@H](O)C[C@H]1C(=O)O. The molecule has 1 aliphatic heterocycles. The highest BCUT2D eigenvalue weighted by atomic mass is 16.5. The fraction of sp³-hybridized carbons (Fsp3) is 0.833. The van der Waals surface area contributed by atoms with E-state index in [2.05, 4.69) is 5.32 Å². The van der Waals surface area contributed by atoms with E-state index < -0.39 is 24.1 Å². The van der Waals surface area contributed by atoms with Crippen LogP contribution in [-0.2, 0) is 9.53 Å². The smallest absolute Gasteiger partial charge is 0.326 e. The quantitative estimate of drug-likeness (QED) is 0.569. The molecule has 0 unspecified atom stereocenters. The number of aliphatic hydroxyl groups is 1. The van der Waals surface area contributed by atoms with Crippen LogP contribution in [-0.4, -0.2) is 65.6 Å². The maximum atomic E-state index is 11.8. The van der Waals surface area contributed by atoms with E-state index in [9.17, 15) is 14.7 Å². The van der Waals surface area contributed by atoms with Crippen molar-refractivity contribution in [1.82, 2.24) is 10.2 Å². The number of ether oxygens (including phenoxy) is 1. The minimum Gasteiger partial charge on any atom is -0.480 e. The Balaban J connectivity index is 2.26. The Bertz CT molecular complexity index is 310. The zero-order valence-electron chi connectivity index (χ0n) is 11.2. The first-order valence-corrected chi connectivity index (χ1v) is 6.59. The van der Waals surface area contributed by atoms with E-state index in [4.69, 9.17) is 9.84 Å². The summed E-state index contributed by atoms with van der Waals surface area (Å²) >= 11 is 0. The first-order chi connectivity index (χ1) is 9.06. The number of aliphatic hydroxyl groups excluding tert-OH is 1. The molecule has 110 valence electrons. The van der Waals surface area contributed by atoms with Gasteiger partial charge in [0, 0.05) is 32.7 Å². The van der Waals surface area contributed by atoms with Gasteiger partial charge in [-0.25, -0.2) is 9.59 Å². The fourth-order valence-electron chi connectivity index (χ4n) is 1.99. The van der Waals surface area contributed by atoms with E-state index in [1.54, 1.807) is 0 Å². The van der Waals surface area contributed by atoms with Crippen molar-refractivity contribution in [2.24, 2.45) is 0 Å². The van der Waals surface area contributed by atoms with Crippen LogP contribution in [0.5, 0.6) is 0 Å². The Morgan fingerprint density at radius 1 is 1.42 bits per heavy atom. The van der Waals surface area contributed by atoms with E-state index in [1.165, 1.54) is 4.90 Å². The summed E-state index contributed by atoms with van der Waals surface area (Å²) in [5.41, 5.74) is 0. The Kier molecular flexibility index (Phi) is 6.58. The van der Waals surface area contributed by atoms with Gasteiger partial charge >= 0.3 is 12.0 Å². The summed E-state index contributed by atoms with van der Waals surface area (Å²) in [6, 6.07) is -1.38. The number of urea groups is 1. The van der Waals surface area contributed by atoms with Crippen molar-refractivity contribution in [2.45, 2.75) is 38.3 Å². The summed E-state index contributed by atoms with van der Waals surface area (Å²) in [7, 11) is 0. The number of likely N-dealkylation sites (tertiary alicyclic amines) is 1. The maximum Gasteiger partial charge on any atom is 0.326 e. The third-order valence-corrected chi connectivity index (χ3v) is 2.92. The van der Waals surface area contributed by atoms with Crippen LogP contribution >= 0.6 is 0 Å². The summed E-state index contributed by atoms with van der Waals surface area (Å²) in [6.07, 6.45) is 0.959. The Morgan fingerprint density at radius 2 is 2.16 bits per heavy atom. The van der Waals surface area contributed by atoms with Gasteiger partial charge in [0.05, 0.1) is 6.10 Å². The van der Waals surface area contributed by atoms with Crippen LogP contribution in [0, 0.1) is 0 Å². The van der Waals surface area contributed by atoms with Gasteiger partial charge in [0.25, 0.3) is 0 Å². The van der Waals surface area contributed by atoms with Gasteiger partial charge in [-0.15, -0.1) is 0 Å². The molecule has 1 saturated heterocycles. The molecule has 0 bridgehead atoms. The third kappa shape index (κ3) is 5.04. The second-order valence-corrected chi connectivity index (χ2v) is 4.59. The molecule has 19 heavy (non-hydrogen) atoms. The molecule has 1 aliphatic rings. The molecule has 0 radical (unpaired) electrons. The molecule has 0 aromatic carbocycles. The van der Waals surface area contributed by atoms with Gasteiger partial charge in [-0.2, -0.15) is 0 Å². The molecule has 0 aliphatic carbocycles. The number of carboxylic acid groups (broad SMARTS) is 1. The molecule has 0 aromatic heterocycles. The van der Waals surface area contributed by atoms with Crippen LogP contribution in [0.1, 0.15) is 26.2 Å². The van der Waals surface area contributed by atoms with Gasteiger partial charge in [0.2, 0.25) is 0 Å². The number of amides is 2. The van der Waals surface area contributed by atoms with Crippen molar-refractivity contribution in [3.63, 3.8) is 0 Å². The van der Waals surface area contributed by atoms with Crippen molar-refractivity contribution in [3.05, 3.63) is 0 Å². The van der Waals surface area contributed by atoms with Crippen molar-refractivity contribution in [3.8, 4) is 0 Å². The summed E-state index contributed by atoms with van der Waals surface area (Å²) in [6.45, 7) is 3.79. The number of carboxylic acids is 1. The molecular formula is C12H22N2O5. The van der Waals surface area contributed by atoms with Crippen molar-refractivity contribution < 1.29 is 24.5 Å². The number of nitrogens with one attached hydrogen (secondary N) is 1. The van der Waals surface area contributed by atoms with Gasteiger partial charge in [0.15, 0.2) is 0 Å². The summed E-state index contributed by atoms with van der Waals surface area (Å²) in [5, 5.41) is 21.0. The zero-order chi connectivity index (χ0) is 14.3. The van der Waals surface area contributed by atoms with Crippen LogP contribution in [0.2, 0.25) is 0 Å². The van der Waals surface area contributed by atoms with Crippen LogP contribution in [0.3, 0.4) is 0 Å². The number of carbonyl (C=O) groups is 2. The maximum absolute atomic E-state index is 11.8. The summed E-state index contributed by atoms with van der Waals surface area (Å²) < 4.78 is 5.27. The first kappa shape index (κ1) is 15.7. The number of hydrogen-bond donors (Lipinski definition) is 3. The molecular weight excluding hydrogens is 252 g/mol. The van der Waals surface area contributed by atoms with E-state index in [1.807, 2.05) is 6.92 Å². The Morgan fingerprint density at radius 3 is 2.79 bits per heavy atom. The van der Waals surface area contributed by atoms with E-state index in [0.29, 0.717) is 26.2 Å². The molecule has 7 heteroatoms. The second kappa shape index (κ2) is 7.96. The molecule has 1 rings (SSSR count). The highest BCUT2D eigenvalue weighted by molar-refractivity contribution is 5.83. The number of carbonyl (C=O) groups excluding carboxylic acids is 1. The number of nitrogens with zero attached hydrogens (tertiary/aromatic N) is 1. The first-order valence-electron chi connectivity index (χ1n) is 6.59. The van der Waals surface area contributed by atoms with E-state index in [0.717, 1.165) is 6.42 Å². The van der Waals surface area contributed by atoms with Gasteiger partial charge < -0.3 is 25.2 Å². The zero-order valence-corrected chi connectivity index (χ0v) is 11.2. The van der Waals surface area contributed by atoms with Crippen LogP contribution in [0.4, 0.5) is 4.79 Å². The lowest BCUT2D eigenvalue weighted by Crippen LogP contribution is -2.46. The van der Waals surface area contributed by atoms with Gasteiger partial charge in [0.1, 0.15) is 6.04 Å². The topological polar surface area (TPSA) is 99.1 Å². The van der Waals surface area contributed by atoms with Crippen molar-refractivity contribution in [2.75, 3.05) is 26.3 Å². The normalized spacial score (nSPS) is 22.5. The molecule has 0 saturated carbocycles. The Labute approximate surface area is 112 Å². The van der Waals surface area contributed by atoms with E-state index >= 15 is 0 Å². The molecule has 7 nitrogen and oxygen atoms in total. The molecule has 1 heterocycles. The predicted octanol–water partition coefficient (Wildman–Crippen LogP) is 0.0325. The van der Waals surface area contributed by atoms with Crippen LogP contribution in [0.25, 0.3) is 0 Å². The number of aliphatic carboxylic acids is 1. The lowest BCUT2D eigenvalue weighted by molar-refractivity contribution is -0.141. The number of hydrogen-bond acceptors (Lipinski definition) is 4. The summed E-state index contributed by atoms with van der Waals surface area (Å²) in [4.78, 5) is 23.9. The molecule has 0 spiro atoms. The summed E-state index contributed by atoms with van der Waals surface area (Å²) in [5.74, 6) is -1.09. The monoisotopic (exact) mass is 274 g/mol. The van der Waals surface area contributed by atoms with Crippen molar-refractivity contribution in [1.29, 1.82) is 0 Å². The standard InChI is InChI=1S/C12H22N2O5/c1-2-5-19-6-3-4-13-12(18)14-8-9(15)7-10(14)11(16)17/h9-10,15H,2-8H2,1H3,(H,13,18)(H,16,17)/t9-,10-/m0/s1. The highest BCUT2D eigenvalue weighted by Crippen LogP contribution is 2.17. The Hall–Kier alpha value is -1.34. The number of β-amino-alcohol motifs (C(OH)–C–C–N with tert-alkyl or cyclic N) is 1. The molecule has 2 amide bonds. The van der Waals surface area contributed by atoms with Gasteiger partial charge in [-0.3, -0.25) is 0 Å². The molecule has 0 aromatic rings. The third-order valence-electron chi connectivity index (χ3n) is 2.92. The molecule has 1 fully saturated rings. The predicted molar refractivity (Wildman–Crippen MR) is 67.9 cm³/mol. The highest BCUT2D eigenvalue weighted by Gasteiger charge is 2.38. The second-order valence-electron chi connectivity index (χ2n) is 4.59. The molecule has 2 atom stereocenters. The van der Waals surface area contributed by atoms with Gasteiger partial charge in [-0.05, 0) is 12.8 Å². The van der Waals surface area contributed by atoms with Crippen molar-refractivity contribution >= 4 is 12.0 Å². The lowest BCUT2D eigenvalue weighted by atomic mass is 10.2. The average molecular weight is 274 g/mol. The van der Waals surface area contributed by atoms with E-state index in [-0.39, 0.29) is 13.0 Å². The minimum atomic E-state index is -1.09. The molecule has 3 N–H and O–H groups in total. The van der Waals surface area contributed by atoms with Crippen LogP contribution < -0.4 is 5.32 Å². The van der Waals surface area contributed by atoms with Gasteiger partial charge in [-0.1, -0.05) is 6.92 Å². The van der Waals surface area contributed by atoms with Crippen LogP contribution in [0.15, 0.2) is 0 Å².